The van der Waals surface area contributed by atoms with Gasteiger partial charge in [0.1, 0.15) is 0 Å². The molecule has 0 bridgehead atoms. The van der Waals surface area contributed by atoms with Crippen LogP contribution in [0.4, 0.5) is 0 Å². The molecule has 0 aromatic heterocycles. The second-order valence-corrected chi connectivity index (χ2v) is 7.70. The molecule has 2 rings (SSSR count). The number of carbonyl (C=O) groups is 2. The Morgan fingerprint density at radius 2 is 1.68 bits per heavy atom. The Bertz CT molecular complexity index is 728. The van der Waals surface area contributed by atoms with Crippen molar-refractivity contribution >= 4 is 21.9 Å². The van der Waals surface area contributed by atoms with Crippen molar-refractivity contribution in [2.24, 2.45) is 10.8 Å². The maximum absolute atomic E-state index is 12.1. The van der Waals surface area contributed by atoms with E-state index in [1.165, 1.54) is 26.0 Å². The summed E-state index contributed by atoms with van der Waals surface area (Å²) in [6.45, 7) is 4.78. The van der Waals surface area contributed by atoms with E-state index >= 15 is 0 Å². The molecular weight excluding hydrogens is 308 g/mol. The fourth-order valence-corrected chi connectivity index (χ4v) is 3.17. The summed E-state index contributed by atoms with van der Waals surface area (Å²) in [7, 11) is -3.89. The fraction of sp³-hybridized carbons (Fsp3) is 0.429. The molecule has 22 heavy (non-hydrogen) atoms. The Morgan fingerprint density at radius 1 is 1.14 bits per heavy atom. The largest absolute Gasteiger partial charge is 0.481 e. The summed E-state index contributed by atoms with van der Waals surface area (Å²) < 4.78 is 24.1. The molecule has 1 aliphatic carbocycles. The zero-order valence-corrected chi connectivity index (χ0v) is 13.3. The van der Waals surface area contributed by atoms with E-state index in [2.05, 4.69) is 5.43 Å². The summed E-state index contributed by atoms with van der Waals surface area (Å²) in [5, 5.41) is 9.11. The van der Waals surface area contributed by atoms with Gasteiger partial charge in [-0.25, -0.2) is 8.42 Å². The Kier molecular flexibility index (Phi) is 3.78. The Morgan fingerprint density at radius 3 is 2.14 bits per heavy atom. The molecule has 3 N–H and O–H groups in total. The van der Waals surface area contributed by atoms with Crippen molar-refractivity contribution in [1.29, 1.82) is 0 Å². The minimum Gasteiger partial charge on any atom is -0.481 e. The lowest BCUT2D eigenvalue weighted by atomic mass is 9.96. The molecule has 0 spiro atoms. The van der Waals surface area contributed by atoms with Gasteiger partial charge in [0, 0.05) is 0 Å². The second kappa shape index (κ2) is 5.06. The van der Waals surface area contributed by atoms with Gasteiger partial charge in [0.2, 0.25) is 5.91 Å². The number of sulfonamides is 1. The molecule has 1 fully saturated rings. The normalized spacial score (nSPS) is 27.2. The van der Waals surface area contributed by atoms with Gasteiger partial charge in [-0.3, -0.25) is 15.0 Å². The maximum atomic E-state index is 12.1. The summed E-state index contributed by atoms with van der Waals surface area (Å²) in [6.07, 6.45) is 0.160. The van der Waals surface area contributed by atoms with Crippen LogP contribution in [0.5, 0.6) is 0 Å². The predicted molar refractivity (Wildman–Crippen MR) is 78.1 cm³/mol. The van der Waals surface area contributed by atoms with Gasteiger partial charge < -0.3 is 5.11 Å². The number of carbonyl (C=O) groups excluding carboxylic acids is 1. The molecule has 1 amide bonds. The number of aliphatic carboxylic acids is 1. The molecule has 0 aliphatic heterocycles. The van der Waals surface area contributed by atoms with E-state index < -0.39 is 32.7 Å². The highest BCUT2D eigenvalue weighted by Crippen LogP contribution is 2.63. The van der Waals surface area contributed by atoms with Crippen LogP contribution in [-0.2, 0) is 19.6 Å². The third-order valence-corrected chi connectivity index (χ3v) is 5.67. The summed E-state index contributed by atoms with van der Waals surface area (Å²) >= 11 is 0. The van der Waals surface area contributed by atoms with Crippen LogP contribution in [0.3, 0.4) is 0 Å². The van der Waals surface area contributed by atoms with Gasteiger partial charge in [-0.2, -0.15) is 0 Å². The molecule has 1 aliphatic rings. The summed E-state index contributed by atoms with van der Waals surface area (Å²) in [4.78, 5) is 25.2. The average Bonchev–Trinajstić information content (AvgIpc) is 3.02. The van der Waals surface area contributed by atoms with Crippen LogP contribution in [-0.4, -0.2) is 25.4 Å². The van der Waals surface area contributed by atoms with Crippen molar-refractivity contribution in [2.45, 2.75) is 32.1 Å². The number of hydrazine groups is 1. The van der Waals surface area contributed by atoms with Gasteiger partial charge in [-0.05, 0) is 39.3 Å². The molecule has 1 saturated carbocycles. The third-order valence-electron chi connectivity index (χ3n) is 4.40. The number of carboxylic acid groups (broad SMARTS) is 1. The van der Waals surface area contributed by atoms with E-state index in [1.807, 2.05) is 11.8 Å². The minimum absolute atomic E-state index is 0.0142. The van der Waals surface area contributed by atoms with Crippen LogP contribution in [0.15, 0.2) is 29.2 Å². The summed E-state index contributed by atoms with van der Waals surface area (Å²) in [5.74, 6) is -1.74. The topological polar surface area (TPSA) is 113 Å². The highest BCUT2D eigenvalue weighted by atomic mass is 32.2. The number of hydrogen-bond donors (Lipinski definition) is 3. The zero-order valence-electron chi connectivity index (χ0n) is 12.5. The highest BCUT2D eigenvalue weighted by molar-refractivity contribution is 7.89. The third kappa shape index (κ3) is 2.59. The number of benzene rings is 1. The lowest BCUT2D eigenvalue weighted by Gasteiger charge is -2.15. The minimum atomic E-state index is -3.89. The van der Waals surface area contributed by atoms with E-state index in [0.29, 0.717) is 0 Å². The highest BCUT2D eigenvalue weighted by Gasteiger charge is 2.70. The van der Waals surface area contributed by atoms with Crippen LogP contribution < -0.4 is 10.3 Å². The smallest absolute Gasteiger partial charge is 0.310 e. The monoisotopic (exact) mass is 326 g/mol. The SMILES string of the molecule is Cc1ccc(S(=O)(=O)NNC(=O)C2(C)CC2(C)C(=O)O)cc1. The lowest BCUT2D eigenvalue weighted by molar-refractivity contribution is -0.146. The number of aryl methyl sites for hydroxylation is 1. The molecule has 0 saturated heterocycles. The molecule has 120 valence electrons. The predicted octanol–water partition coefficient (Wildman–Crippen LogP) is 0.805. The average molecular weight is 326 g/mol. The van der Waals surface area contributed by atoms with Gasteiger partial charge in [0.25, 0.3) is 10.0 Å². The van der Waals surface area contributed by atoms with Gasteiger partial charge in [-0.15, -0.1) is 4.83 Å². The summed E-state index contributed by atoms with van der Waals surface area (Å²) in [5.41, 5.74) is 0.712. The number of carboxylic acids is 1. The summed E-state index contributed by atoms with van der Waals surface area (Å²) in [6, 6.07) is 6.12. The first-order chi connectivity index (χ1) is 10.0. The molecule has 7 nitrogen and oxygen atoms in total. The lowest BCUT2D eigenvalue weighted by Crippen LogP contribution is -2.46. The first kappa shape index (κ1) is 16.4. The molecule has 0 heterocycles. The second-order valence-electron chi connectivity index (χ2n) is 6.02. The number of rotatable bonds is 5. The Labute approximate surface area is 128 Å². The molecule has 1 aromatic rings. The Hall–Kier alpha value is -1.93. The number of nitrogens with one attached hydrogen (secondary N) is 2. The van der Waals surface area contributed by atoms with Crippen molar-refractivity contribution in [3.63, 3.8) is 0 Å². The van der Waals surface area contributed by atoms with Crippen molar-refractivity contribution in [3.05, 3.63) is 29.8 Å². The first-order valence-corrected chi connectivity index (χ1v) is 8.14. The van der Waals surface area contributed by atoms with Crippen molar-refractivity contribution in [3.8, 4) is 0 Å². The van der Waals surface area contributed by atoms with Crippen molar-refractivity contribution in [2.75, 3.05) is 0 Å². The van der Waals surface area contributed by atoms with Crippen LogP contribution in [0.2, 0.25) is 0 Å². The molecule has 8 heteroatoms. The molecule has 1 aromatic carbocycles. The van der Waals surface area contributed by atoms with Gasteiger partial charge in [0.15, 0.2) is 0 Å². The van der Waals surface area contributed by atoms with E-state index in [0.717, 1.165) is 5.56 Å². The maximum Gasteiger partial charge on any atom is 0.310 e. The van der Waals surface area contributed by atoms with Crippen LogP contribution in [0.1, 0.15) is 25.8 Å². The number of hydrogen-bond acceptors (Lipinski definition) is 4. The fourth-order valence-electron chi connectivity index (χ4n) is 2.33. The molecule has 2 atom stereocenters. The van der Waals surface area contributed by atoms with Crippen LogP contribution in [0, 0.1) is 17.8 Å². The van der Waals surface area contributed by atoms with Gasteiger partial charge in [0.05, 0.1) is 15.7 Å². The molecular formula is C14H18N2O5S. The van der Waals surface area contributed by atoms with Crippen LogP contribution in [0.25, 0.3) is 0 Å². The Balaban J connectivity index is 2.06. The van der Waals surface area contributed by atoms with E-state index in [1.54, 1.807) is 12.1 Å². The van der Waals surface area contributed by atoms with E-state index in [4.69, 9.17) is 5.11 Å². The standard InChI is InChI=1S/C14H18N2O5S/c1-9-4-6-10(7-5-9)22(20,21)16-15-11(17)13(2)8-14(13,3)12(18)19/h4-7,16H,8H2,1-3H3,(H,15,17)(H,18,19). The quantitative estimate of drug-likeness (QED) is 0.693. The van der Waals surface area contributed by atoms with Gasteiger partial charge >= 0.3 is 5.97 Å². The van der Waals surface area contributed by atoms with E-state index in [-0.39, 0.29) is 11.3 Å². The van der Waals surface area contributed by atoms with Crippen molar-refractivity contribution < 1.29 is 23.1 Å². The van der Waals surface area contributed by atoms with Crippen molar-refractivity contribution in [1.82, 2.24) is 10.3 Å². The molecule has 0 radical (unpaired) electrons. The zero-order chi connectivity index (χ0) is 16.8. The van der Waals surface area contributed by atoms with Crippen LogP contribution >= 0.6 is 0 Å². The first-order valence-electron chi connectivity index (χ1n) is 6.65. The van der Waals surface area contributed by atoms with Gasteiger partial charge in [-0.1, -0.05) is 17.7 Å². The number of amides is 1. The molecule has 2 unspecified atom stereocenters. The van der Waals surface area contributed by atoms with E-state index in [9.17, 15) is 18.0 Å².